The Hall–Kier alpha value is -3.65. The number of halogens is 1. The number of pyridine rings is 1. The zero-order valence-corrected chi connectivity index (χ0v) is 25.2. The van der Waals surface area contributed by atoms with Crippen LogP contribution in [-0.4, -0.2) is 63.3 Å². The molecule has 0 saturated carbocycles. The van der Waals surface area contributed by atoms with E-state index in [2.05, 4.69) is 67.4 Å². The monoisotopic (exact) mass is 558 g/mol. The molecule has 1 saturated heterocycles. The summed E-state index contributed by atoms with van der Waals surface area (Å²) in [5, 5.41) is 13.3. The number of fused-ring (bicyclic) bond motifs is 1. The van der Waals surface area contributed by atoms with Crippen molar-refractivity contribution in [3.8, 4) is 5.75 Å². The van der Waals surface area contributed by atoms with Crippen LogP contribution in [0.4, 0.5) is 15.9 Å². The molecular weight excluding hydrogens is 515 g/mol. The lowest BCUT2D eigenvalue weighted by Gasteiger charge is -2.47. The van der Waals surface area contributed by atoms with Crippen molar-refractivity contribution in [2.24, 2.45) is 5.41 Å². The van der Waals surface area contributed by atoms with E-state index in [1.807, 2.05) is 30.6 Å². The molecule has 1 aliphatic rings. The first-order chi connectivity index (χ1) is 19.4. The van der Waals surface area contributed by atoms with E-state index in [1.165, 1.54) is 12.1 Å². The Kier molecular flexibility index (Phi) is 7.97. The first-order valence-corrected chi connectivity index (χ1v) is 14.5. The molecule has 218 valence electrons. The van der Waals surface area contributed by atoms with Crippen LogP contribution in [0, 0.1) is 11.2 Å². The molecule has 2 aromatic carbocycles. The maximum atomic E-state index is 13.7. The van der Waals surface area contributed by atoms with Crippen LogP contribution in [0.2, 0.25) is 0 Å². The summed E-state index contributed by atoms with van der Waals surface area (Å²) in [5.74, 6) is 0.955. The van der Waals surface area contributed by atoms with E-state index in [0.717, 1.165) is 66.3 Å². The predicted molar refractivity (Wildman–Crippen MR) is 165 cm³/mol. The summed E-state index contributed by atoms with van der Waals surface area (Å²) in [7, 11) is 2.21. The zero-order chi connectivity index (χ0) is 29.4. The molecule has 5 rings (SSSR count). The van der Waals surface area contributed by atoms with Crippen molar-refractivity contribution in [3.63, 3.8) is 0 Å². The molecule has 2 aromatic heterocycles. The van der Waals surface area contributed by atoms with Crippen LogP contribution in [0.15, 0.2) is 60.9 Å². The fourth-order valence-corrected chi connectivity index (χ4v) is 6.21. The highest BCUT2D eigenvalue weighted by Gasteiger charge is 2.36. The Balaban J connectivity index is 1.51. The summed E-state index contributed by atoms with van der Waals surface area (Å²) in [4.78, 5) is 14.9. The van der Waals surface area contributed by atoms with Crippen molar-refractivity contribution in [3.05, 3.63) is 77.9 Å². The normalized spacial score (nSPS) is 18.2. The van der Waals surface area contributed by atoms with Crippen molar-refractivity contribution >= 4 is 22.7 Å². The van der Waals surface area contributed by atoms with Gasteiger partial charge in [-0.2, -0.15) is 0 Å². The Labute approximate surface area is 243 Å². The van der Waals surface area contributed by atoms with Crippen molar-refractivity contribution in [1.29, 1.82) is 0 Å². The molecule has 0 spiro atoms. The lowest BCUT2D eigenvalue weighted by molar-refractivity contribution is 0.0880. The summed E-state index contributed by atoms with van der Waals surface area (Å²) in [6, 6.07) is 16.1. The van der Waals surface area contributed by atoms with E-state index in [1.54, 1.807) is 12.1 Å². The number of hydrogen-bond acceptors (Lipinski definition) is 6. The SMILES string of the molecule is CC(c1ccc(F)cc1)n1cnc2c(NCCc3ccc(O)cc3)cc(N3CCN(C)C(C)(C)CC(C)(C)C3)nc21. The zero-order valence-electron chi connectivity index (χ0n) is 25.2. The molecular formula is C33H43FN6O. The van der Waals surface area contributed by atoms with Gasteiger partial charge >= 0.3 is 0 Å². The van der Waals surface area contributed by atoms with Gasteiger partial charge in [-0.1, -0.05) is 38.1 Å². The average Bonchev–Trinajstić information content (AvgIpc) is 3.35. The Morgan fingerprint density at radius 3 is 2.44 bits per heavy atom. The lowest BCUT2D eigenvalue weighted by atomic mass is 9.78. The number of hydrogen-bond donors (Lipinski definition) is 2. The van der Waals surface area contributed by atoms with E-state index in [0.29, 0.717) is 6.54 Å². The fourth-order valence-electron chi connectivity index (χ4n) is 6.21. The van der Waals surface area contributed by atoms with Gasteiger partial charge in [-0.3, -0.25) is 4.90 Å². The Morgan fingerprint density at radius 2 is 1.73 bits per heavy atom. The van der Waals surface area contributed by atoms with Gasteiger partial charge in [0.2, 0.25) is 0 Å². The molecule has 2 N–H and O–H groups in total. The average molecular weight is 559 g/mol. The molecule has 0 radical (unpaired) electrons. The number of likely N-dealkylation sites (N-methyl/N-ethyl adjacent to an activating group) is 1. The second kappa shape index (κ2) is 11.3. The second-order valence-corrected chi connectivity index (χ2v) is 12.9. The number of rotatable bonds is 7. The number of benzene rings is 2. The maximum absolute atomic E-state index is 13.7. The molecule has 1 fully saturated rings. The molecule has 41 heavy (non-hydrogen) atoms. The lowest BCUT2D eigenvalue weighted by Crippen LogP contribution is -2.53. The Morgan fingerprint density at radius 1 is 1.02 bits per heavy atom. The minimum Gasteiger partial charge on any atom is -0.508 e. The smallest absolute Gasteiger partial charge is 0.164 e. The predicted octanol–water partition coefficient (Wildman–Crippen LogP) is 6.49. The number of anilines is 2. The Bertz CT molecular complexity index is 1480. The fraction of sp³-hybridized carbons (Fsp3) is 0.455. The van der Waals surface area contributed by atoms with Crippen LogP contribution in [0.25, 0.3) is 11.2 Å². The second-order valence-electron chi connectivity index (χ2n) is 12.9. The van der Waals surface area contributed by atoms with Crippen molar-refractivity contribution in [2.75, 3.05) is 43.4 Å². The number of nitrogens with zero attached hydrogens (tertiary/aromatic N) is 5. The molecule has 1 aliphatic heterocycles. The molecule has 1 atom stereocenters. The van der Waals surface area contributed by atoms with Crippen LogP contribution in [0.1, 0.15) is 58.2 Å². The highest BCUT2D eigenvalue weighted by atomic mass is 19.1. The van der Waals surface area contributed by atoms with E-state index in [-0.39, 0.29) is 28.6 Å². The summed E-state index contributed by atoms with van der Waals surface area (Å²) >= 11 is 0. The van der Waals surface area contributed by atoms with Gasteiger partial charge in [-0.15, -0.1) is 0 Å². The van der Waals surface area contributed by atoms with Crippen molar-refractivity contribution in [1.82, 2.24) is 19.4 Å². The third kappa shape index (κ3) is 6.48. The molecule has 1 unspecified atom stereocenters. The third-order valence-electron chi connectivity index (χ3n) is 8.54. The van der Waals surface area contributed by atoms with E-state index in [4.69, 9.17) is 9.97 Å². The minimum absolute atomic E-state index is 0.0658. The van der Waals surface area contributed by atoms with E-state index < -0.39 is 0 Å². The topological polar surface area (TPSA) is 69.5 Å². The van der Waals surface area contributed by atoms with Gasteiger partial charge in [-0.05, 0) is 81.5 Å². The van der Waals surface area contributed by atoms with Crippen molar-refractivity contribution < 1.29 is 9.50 Å². The first-order valence-electron chi connectivity index (χ1n) is 14.5. The van der Waals surface area contributed by atoms with Gasteiger partial charge in [0.25, 0.3) is 0 Å². The number of aromatic hydroxyl groups is 1. The summed E-state index contributed by atoms with van der Waals surface area (Å²) in [6.07, 6.45) is 3.73. The van der Waals surface area contributed by atoms with Crippen LogP contribution in [0.3, 0.4) is 0 Å². The molecule has 7 nitrogen and oxygen atoms in total. The van der Waals surface area contributed by atoms with Gasteiger partial charge < -0.3 is 19.9 Å². The number of imidazole rings is 1. The number of phenols is 1. The highest BCUT2D eigenvalue weighted by molar-refractivity contribution is 5.88. The highest BCUT2D eigenvalue weighted by Crippen LogP contribution is 2.36. The molecule has 4 aromatic rings. The maximum Gasteiger partial charge on any atom is 0.164 e. The third-order valence-corrected chi connectivity index (χ3v) is 8.54. The molecule has 0 amide bonds. The van der Waals surface area contributed by atoms with Crippen LogP contribution in [0.5, 0.6) is 5.75 Å². The number of phenolic OH excluding ortho intramolecular Hbond substituents is 1. The van der Waals surface area contributed by atoms with Gasteiger partial charge in [-0.25, -0.2) is 14.4 Å². The minimum atomic E-state index is -0.246. The van der Waals surface area contributed by atoms with Crippen LogP contribution < -0.4 is 10.2 Å². The largest absolute Gasteiger partial charge is 0.508 e. The van der Waals surface area contributed by atoms with Crippen molar-refractivity contribution in [2.45, 2.75) is 59.0 Å². The summed E-state index contributed by atoms with van der Waals surface area (Å²) in [5.41, 5.74) is 4.92. The molecule has 0 aliphatic carbocycles. The van der Waals surface area contributed by atoms with Crippen LogP contribution in [-0.2, 0) is 6.42 Å². The molecule has 3 heterocycles. The number of nitrogens with one attached hydrogen (secondary N) is 1. The first kappa shape index (κ1) is 28.9. The van der Waals surface area contributed by atoms with Gasteiger partial charge in [0.1, 0.15) is 22.9 Å². The van der Waals surface area contributed by atoms with Gasteiger partial charge in [0.15, 0.2) is 5.65 Å². The van der Waals surface area contributed by atoms with E-state index >= 15 is 0 Å². The summed E-state index contributed by atoms with van der Waals surface area (Å²) in [6.45, 7) is 14.9. The quantitative estimate of drug-likeness (QED) is 0.270. The molecule has 0 bridgehead atoms. The molecule has 8 heteroatoms. The van der Waals surface area contributed by atoms with Gasteiger partial charge in [0.05, 0.1) is 18.1 Å². The van der Waals surface area contributed by atoms with Crippen LogP contribution >= 0.6 is 0 Å². The standard InChI is InChI=1S/C33H43FN6O/c1-23(25-9-11-26(34)12-10-25)40-22-36-30-28(35-16-15-24-7-13-27(41)14-8-24)19-29(37-31(30)40)39-18-17-38(6)33(4,5)20-32(2,3)21-39/h7-14,19,22-23,41H,15-18,20-21H2,1-6H3,(H,35,37). The summed E-state index contributed by atoms with van der Waals surface area (Å²) < 4.78 is 15.7. The number of aromatic nitrogens is 3. The van der Waals surface area contributed by atoms with E-state index in [9.17, 15) is 9.50 Å². The van der Waals surface area contributed by atoms with Gasteiger partial charge in [0, 0.05) is 37.8 Å².